The zero-order valence-electron chi connectivity index (χ0n) is 4.26. The Kier molecular flexibility index (Phi) is 14.9. The third-order valence-corrected chi connectivity index (χ3v) is 1.02. The summed E-state index contributed by atoms with van der Waals surface area (Å²) in [6.45, 7) is 0.342. The second-order valence-electron chi connectivity index (χ2n) is 1.22. The largest absolute Gasteiger partial charge is 0.396 e. The van der Waals surface area contributed by atoms with Crippen LogP contribution in [0.5, 0.6) is 0 Å². The van der Waals surface area contributed by atoms with Crippen LogP contribution in [0.25, 0.3) is 0 Å². The maximum Gasteiger partial charge on any atom is 0.0431 e. The third kappa shape index (κ3) is 10.8. The van der Waals surface area contributed by atoms with E-state index in [0.29, 0.717) is 6.61 Å². The summed E-state index contributed by atoms with van der Waals surface area (Å²) in [6.07, 6.45) is 3.19. The standard InChI is InChI=1S/C4H11OP.ClH/c5-3-1-2-4-6;/h5H,1-4,6H2;1H. The zero-order chi connectivity index (χ0) is 4.83. The fourth-order valence-electron chi connectivity index (χ4n) is 0.256. The average molecular weight is 143 g/mol. The van der Waals surface area contributed by atoms with Gasteiger partial charge in [-0.1, -0.05) is 0 Å². The van der Waals surface area contributed by atoms with E-state index in [4.69, 9.17) is 5.11 Å². The van der Waals surface area contributed by atoms with Crippen LogP contribution in [0.2, 0.25) is 0 Å². The van der Waals surface area contributed by atoms with Crippen molar-refractivity contribution in [3.8, 4) is 0 Å². The molecule has 0 aliphatic carbocycles. The van der Waals surface area contributed by atoms with Crippen molar-refractivity contribution in [2.45, 2.75) is 12.8 Å². The molecule has 1 atom stereocenters. The molecule has 0 aliphatic rings. The molecular formula is C4H12ClOP. The van der Waals surface area contributed by atoms with Gasteiger partial charge in [-0.05, 0) is 19.0 Å². The van der Waals surface area contributed by atoms with Crippen LogP contribution in [0.3, 0.4) is 0 Å². The highest BCUT2D eigenvalue weighted by Crippen LogP contribution is 1.90. The van der Waals surface area contributed by atoms with E-state index in [-0.39, 0.29) is 12.4 Å². The van der Waals surface area contributed by atoms with Crippen LogP contribution in [0.1, 0.15) is 12.8 Å². The Labute approximate surface area is 53.1 Å². The molecule has 0 fully saturated rings. The number of hydrogen-bond acceptors (Lipinski definition) is 1. The van der Waals surface area contributed by atoms with E-state index in [1.54, 1.807) is 0 Å². The van der Waals surface area contributed by atoms with Gasteiger partial charge in [0.05, 0.1) is 0 Å². The van der Waals surface area contributed by atoms with Gasteiger partial charge in [-0.2, -0.15) is 0 Å². The van der Waals surface area contributed by atoms with Crippen LogP contribution in [0, 0.1) is 0 Å². The molecular weight excluding hydrogens is 130 g/mol. The van der Waals surface area contributed by atoms with Gasteiger partial charge in [0.25, 0.3) is 0 Å². The van der Waals surface area contributed by atoms with Gasteiger partial charge in [0.1, 0.15) is 0 Å². The van der Waals surface area contributed by atoms with Crippen molar-refractivity contribution in [1.82, 2.24) is 0 Å². The SMILES string of the molecule is Cl.OCCCCP. The van der Waals surface area contributed by atoms with Crippen molar-refractivity contribution < 1.29 is 5.11 Å². The highest BCUT2D eigenvalue weighted by Gasteiger charge is 1.76. The number of aliphatic hydroxyl groups excluding tert-OH is 1. The average Bonchev–Trinajstić information content (AvgIpc) is 1.61. The summed E-state index contributed by atoms with van der Waals surface area (Å²) >= 11 is 0. The monoisotopic (exact) mass is 142 g/mol. The Morgan fingerprint density at radius 1 is 1.29 bits per heavy atom. The van der Waals surface area contributed by atoms with Crippen LogP contribution < -0.4 is 0 Å². The molecule has 0 aromatic heterocycles. The van der Waals surface area contributed by atoms with Gasteiger partial charge in [0.15, 0.2) is 0 Å². The quantitative estimate of drug-likeness (QED) is 0.462. The molecule has 0 amide bonds. The minimum absolute atomic E-state index is 0. The molecule has 1 unspecified atom stereocenters. The van der Waals surface area contributed by atoms with E-state index < -0.39 is 0 Å². The highest BCUT2D eigenvalue weighted by molar-refractivity contribution is 7.16. The summed E-state index contributed by atoms with van der Waals surface area (Å²) < 4.78 is 0. The van der Waals surface area contributed by atoms with E-state index in [1.165, 1.54) is 0 Å². The molecule has 0 radical (unpaired) electrons. The zero-order valence-corrected chi connectivity index (χ0v) is 6.23. The van der Waals surface area contributed by atoms with E-state index in [1.807, 2.05) is 0 Å². The van der Waals surface area contributed by atoms with Crippen molar-refractivity contribution in [1.29, 1.82) is 0 Å². The van der Waals surface area contributed by atoms with E-state index in [0.717, 1.165) is 19.0 Å². The molecule has 0 aromatic rings. The van der Waals surface area contributed by atoms with Gasteiger partial charge >= 0.3 is 0 Å². The second kappa shape index (κ2) is 9.84. The van der Waals surface area contributed by atoms with Gasteiger partial charge in [0.2, 0.25) is 0 Å². The van der Waals surface area contributed by atoms with E-state index >= 15 is 0 Å². The summed E-state index contributed by atoms with van der Waals surface area (Å²) in [5, 5.41) is 8.19. The molecule has 0 saturated carbocycles. The lowest BCUT2D eigenvalue weighted by molar-refractivity contribution is 0.287. The molecule has 46 valence electrons. The van der Waals surface area contributed by atoms with Crippen molar-refractivity contribution in [3.63, 3.8) is 0 Å². The highest BCUT2D eigenvalue weighted by atomic mass is 35.5. The molecule has 0 aliphatic heterocycles. The van der Waals surface area contributed by atoms with Crippen molar-refractivity contribution in [2.24, 2.45) is 0 Å². The lowest BCUT2D eigenvalue weighted by Crippen LogP contribution is -1.80. The first kappa shape index (κ1) is 10.6. The van der Waals surface area contributed by atoms with Crippen LogP contribution >= 0.6 is 21.6 Å². The van der Waals surface area contributed by atoms with Gasteiger partial charge in [-0.25, -0.2) is 0 Å². The molecule has 0 rings (SSSR count). The van der Waals surface area contributed by atoms with Crippen molar-refractivity contribution >= 4 is 21.6 Å². The number of halogens is 1. The minimum atomic E-state index is 0. The van der Waals surface area contributed by atoms with Gasteiger partial charge in [-0.15, -0.1) is 21.6 Å². The molecule has 0 saturated heterocycles. The Bertz CT molecular complexity index is 23.7. The fourth-order valence-corrected chi connectivity index (χ4v) is 0.545. The minimum Gasteiger partial charge on any atom is -0.396 e. The molecule has 3 heteroatoms. The second-order valence-corrected chi connectivity index (χ2v) is 1.80. The normalized spacial score (nSPS) is 7.71. The van der Waals surface area contributed by atoms with E-state index in [2.05, 4.69) is 9.24 Å². The molecule has 7 heavy (non-hydrogen) atoms. The maximum absolute atomic E-state index is 8.19. The molecule has 0 aromatic carbocycles. The first-order valence-corrected chi connectivity index (χ1v) is 3.04. The Morgan fingerprint density at radius 3 is 2.00 bits per heavy atom. The summed E-state index contributed by atoms with van der Waals surface area (Å²) in [6, 6.07) is 0. The summed E-state index contributed by atoms with van der Waals surface area (Å²) in [5.74, 6) is 0. The topological polar surface area (TPSA) is 20.2 Å². The van der Waals surface area contributed by atoms with Crippen LogP contribution in [-0.2, 0) is 0 Å². The van der Waals surface area contributed by atoms with Crippen LogP contribution in [0.4, 0.5) is 0 Å². The van der Waals surface area contributed by atoms with Gasteiger partial charge < -0.3 is 5.11 Å². The molecule has 1 N–H and O–H groups in total. The van der Waals surface area contributed by atoms with Gasteiger partial charge in [0, 0.05) is 6.61 Å². The summed E-state index contributed by atoms with van der Waals surface area (Å²) in [4.78, 5) is 0. The number of rotatable bonds is 3. The van der Waals surface area contributed by atoms with Gasteiger partial charge in [-0.3, -0.25) is 0 Å². The Balaban J connectivity index is 0. The molecule has 1 nitrogen and oxygen atoms in total. The number of aliphatic hydroxyl groups is 1. The fraction of sp³-hybridized carbons (Fsp3) is 1.00. The summed E-state index contributed by atoms with van der Waals surface area (Å²) in [5.41, 5.74) is 0. The van der Waals surface area contributed by atoms with E-state index in [9.17, 15) is 0 Å². The molecule has 0 bridgehead atoms. The van der Waals surface area contributed by atoms with Crippen molar-refractivity contribution in [2.75, 3.05) is 12.8 Å². The van der Waals surface area contributed by atoms with Crippen molar-refractivity contribution in [3.05, 3.63) is 0 Å². The third-order valence-electron chi connectivity index (χ3n) is 0.612. The number of hydrogen-bond donors (Lipinski definition) is 1. The molecule has 0 spiro atoms. The summed E-state index contributed by atoms with van der Waals surface area (Å²) in [7, 11) is 2.62. The molecule has 0 heterocycles. The number of unbranched alkanes of at least 4 members (excludes halogenated alkanes) is 1. The lowest BCUT2D eigenvalue weighted by atomic mass is 10.4. The Hall–Kier alpha value is 0.680. The van der Waals surface area contributed by atoms with Crippen LogP contribution in [0.15, 0.2) is 0 Å². The smallest absolute Gasteiger partial charge is 0.0431 e. The first-order valence-electron chi connectivity index (χ1n) is 2.22. The predicted molar refractivity (Wildman–Crippen MR) is 38.1 cm³/mol. The maximum atomic E-state index is 8.19. The lowest BCUT2D eigenvalue weighted by Gasteiger charge is -1.85. The Morgan fingerprint density at radius 2 is 1.86 bits per heavy atom. The first-order chi connectivity index (χ1) is 2.91. The predicted octanol–water partition coefficient (Wildman–Crippen LogP) is 1.06. The van der Waals surface area contributed by atoms with Crippen LogP contribution in [-0.4, -0.2) is 17.9 Å².